The monoisotopic (exact) mass is 998 g/mol. The number of benzene rings is 9. The average Bonchev–Trinajstić information content (AvgIpc) is 4.04. The Labute approximate surface area is 439 Å². The van der Waals surface area contributed by atoms with Gasteiger partial charge in [0, 0.05) is 54.2 Å². The molecule has 1 spiro atoms. The Bertz CT molecular complexity index is 3650. The molecule has 0 bridgehead atoms. The number of rotatable bonds is 9. The van der Waals surface area contributed by atoms with E-state index in [2.05, 4.69) is 278 Å². The van der Waals surface area contributed by atoms with Gasteiger partial charge in [-0.25, -0.2) is 0 Å². The highest BCUT2D eigenvalue weighted by atomic mass is 32.1. The average molecular weight is 1000 g/mol. The molecule has 0 amide bonds. The van der Waals surface area contributed by atoms with Crippen molar-refractivity contribution in [3.63, 3.8) is 0 Å². The van der Waals surface area contributed by atoms with Gasteiger partial charge < -0.3 is 9.80 Å². The summed E-state index contributed by atoms with van der Waals surface area (Å²) in [7, 11) is -3.12. The molecule has 73 heavy (non-hydrogen) atoms. The van der Waals surface area contributed by atoms with Crippen molar-refractivity contribution >= 4 is 92.2 Å². The van der Waals surface area contributed by atoms with E-state index in [9.17, 15) is 0 Å². The molecule has 5 heteroatoms. The third-order valence-electron chi connectivity index (χ3n) is 16.0. The Morgan fingerprint density at radius 3 is 1.47 bits per heavy atom. The molecule has 362 valence electrons. The molecule has 0 fully saturated rings. The summed E-state index contributed by atoms with van der Waals surface area (Å²) in [5.41, 5.74) is 19.7. The van der Waals surface area contributed by atoms with E-state index in [0.717, 1.165) is 17.1 Å². The van der Waals surface area contributed by atoms with Gasteiger partial charge in [0.25, 0.3) is 0 Å². The second kappa shape index (κ2) is 17.2. The molecule has 1 aromatic heterocycles. The number of nitrogens with zero attached hydrogens (tertiary/aromatic N) is 2. The minimum atomic E-state index is -1.58. The third-order valence-corrected chi connectivity index (χ3v) is 21.3. The highest BCUT2D eigenvalue weighted by Crippen LogP contribution is 2.66. The van der Waals surface area contributed by atoms with Gasteiger partial charge in [-0.3, -0.25) is 0 Å². The predicted molar refractivity (Wildman–Crippen MR) is 324 cm³/mol. The Morgan fingerprint density at radius 2 is 0.932 bits per heavy atom. The summed E-state index contributed by atoms with van der Waals surface area (Å²) < 4.78 is 2.63. The fourth-order valence-electron chi connectivity index (χ4n) is 12.0. The topological polar surface area (TPSA) is 6.48 Å². The van der Waals surface area contributed by atoms with Gasteiger partial charge in [0.2, 0.25) is 0 Å². The molecule has 2 nitrogen and oxygen atoms in total. The molecular weight excluding hydrogens is 933 g/mol. The lowest BCUT2D eigenvalue weighted by molar-refractivity contribution is 0.590. The van der Waals surface area contributed by atoms with Crippen LogP contribution >= 0.6 is 11.3 Å². The van der Waals surface area contributed by atoms with Crippen LogP contribution in [0.25, 0.3) is 42.4 Å². The van der Waals surface area contributed by atoms with Crippen molar-refractivity contribution < 1.29 is 0 Å². The molecule has 0 aliphatic heterocycles. The zero-order valence-electron chi connectivity index (χ0n) is 44.4. The highest BCUT2D eigenvalue weighted by Gasteiger charge is 2.53. The molecular formula is C68H66N2SSi2. The number of hydrogen-bond donors (Lipinski definition) is 0. The van der Waals surface area contributed by atoms with Crippen molar-refractivity contribution in [3.8, 4) is 22.3 Å². The number of hydrogen-bond acceptors (Lipinski definition) is 3. The first kappa shape index (κ1) is 47.3. The Hall–Kier alpha value is -6.77. The summed E-state index contributed by atoms with van der Waals surface area (Å²) in [4.78, 5) is 5.07. The van der Waals surface area contributed by atoms with Gasteiger partial charge in [-0.05, 0) is 134 Å². The SMILES string of the molecule is CC(C)c1ccc(N(c2ccc([Si](C)(C)C)cc2)c2ccc3c(c2)C2(c4ccccc4-c4ccccc42)c2cc(N(c4ccc(C(C)(C)C)cc4)c4ccc([Si](C)(C)C)cc4)c4c(sc5ccccc54)c2-3)cc1. The zero-order valence-corrected chi connectivity index (χ0v) is 47.2. The largest absolute Gasteiger partial charge is 0.310 e. The molecule has 0 radical (unpaired) electrons. The maximum absolute atomic E-state index is 2.62. The van der Waals surface area contributed by atoms with E-state index in [1.165, 1.54) is 103 Å². The zero-order chi connectivity index (χ0) is 50.8. The van der Waals surface area contributed by atoms with Crippen molar-refractivity contribution in [3.05, 3.63) is 228 Å². The Balaban J connectivity index is 1.18. The predicted octanol–water partition coefficient (Wildman–Crippen LogP) is 18.8. The van der Waals surface area contributed by atoms with E-state index in [1.54, 1.807) is 0 Å². The molecule has 0 saturated heterocycles. The highest BCUT2D eigenvalue weighted by molar-refractivity contribution is 7.26. The van der Waals surface area contributed by atoms with Crippen molar-refractivity contribution in [2.75, 3.05) is 9.80 Å². The first-order valence-electron chi connectivity index (χ1n) is 26.3. The van der Waals surface area contributed by atoms with E-state index in [-0.39, 0.29) is 5.41 Å². The van der Waals surface area contributed by atoms with Crippen molar-refractivity contribution in [1.82, 2.24) is 0 Å². The summed E-state index contributed by atoms with van der Waals surface area (Å²) in [5, 5.41) is 5.51. The molecule has 9 aromatic carbocycles. The first-order valence-corrected chi connectivity index (χ1v) is 34.1. The van der Waals surface area contributed by atoms with Crippen LogP contribution < -0.4 is 20.2 Å². The van der Waals surface area contributed by atoms with Gasteiger partial charge in [0.05, 0.1) is 27.3 Å². The van der Waals surface area contributed by atoms with E-state index in [0.29, 0.717) is 5.92 Å². The molecule has 10 aromatic rings. The summed E-state index contributed by atoms with van der Waals surface area (Å²) in [5.74, 6) is 0.443. The maximum Gasteiger partial charge on any atom is 0.0775 e. The summed E-state index contributed by atoms with van der Waals surface area (Å²) in [6, 6.07) is 75.4. The van der Waals surface area contributed by atoms with Gasteiger partial charge in [-0.15, -0.1) is 11.3 Å². The van der Waals surface area contributed by atoms with Crippen LogP contribution in [0.3, 0.4) is 0 Å². The summed E-state index contributed by atoms with van der Waals surface area (Å²) in [6.07, 6.45) is 0. The molecule has 0 saturated carbocycles. The van der Waals surface area contributed by atoms with Crippen molar-refractivity contribution in [1.29, 1.82) is 0 Å². The van der Waals surface area contributed by atoms with E-state index in [4.69, 9.17) is 0 Å². The molecule has 1 heterocycles. The first-order chi connectivity index (χ1) is 34.9. The van der Waals surface area contributed by atoms with Crippen LogP contribution in [-0.2, 0) is 10.8 Å². The fourth-order valence-corrected chi connectivity index (χ4v) is 15.6. The second-order valence-electron chi connectivity index (χ2n) is 24.0. The second-order valence-corrected chi connectivity index (χ2v) is 35.2. The molecule has 0 N–H and O–H groups in total. The molecule has 0 unspecified atom stereocenters. The number of thiophene rings is 1. The number of fused-ring (bicyclic) bond motifs is 14. The summed E-state index contributed by atoms with van der Waals surface area (Å²) >= 11 is 1.95. The lowest BCUT2D eigenvalue weighted by Gasteiger charge is -2.34. The van der Waals surface area contributed by atoms with Crippen LogP contribution in [0.1, 0.15) is 73.9 Å². The lowest BCUT2D eigenvalue weighted by Crippen LogP contribution is -2.37. The number of anilines is 6. The van der Waals surface area contributed by atoms with Gasteiger partial charge in [0.1, 0.15) is 0 Å². The fraction of sp³-hybridized carbons (Fsp3) is 0.206. The minimum Gasteiger partial charge on any atom is -0.310 e. The smallest absolute Gasteiger partial charge is 0.0775 e. The molecule has 12 rings (SSSR count). The molecule has 2 aliphatic rings. The standard InChI is InChI=1S/C68H66N2SSi2/c1-44(2)45-24-28-47(29-25-45)69(48-32-37-52(38-33-48)72(6,7)8)51-36-41-56-60(42-51)68(58-21-15-12-18-54(58)55-19-13-16-22-59(55)68)61-43-62(65-57-20-14-17-23-63(57)71-66(65)64(56)61)70(49-30-26-46(27-31-49)67(3,4)5)50-34-39-53(40-35-50)73(9,10)11/h12-44H,1-11H3. The lowest BCUT2D eigenvalue weighted by atomic mass is 9.70. The van der Waals surface area contributed by atoms with Crippen LogP contribution in [-0.4, -0.2) is 16.1 Å². The molecule has 0 atom stereocenters. The van der Waals surface area contributed by atoms with Crippen LogP contribution in [0.5, 0.6) is 0 Å². The normalized spacial score (nSPS) is 13.6. The summed E-state index contributed by atoms with van der Waals surface area (Å²) in [6.45, 7) is 26.1. The van der Waals surface area contributed by atoms with E-state index < -0.39 is 21.6 Å². The third kappa shape index (κ3) is 7.60. The van der Waals surface area contributed by atoms with Crippen LogP contribution in [0, 0.1) is 0 Å². The Kier molecular flexibility index (Phi) is 11.1. The van der Waals surface area contributed by atoms with Gasteiger partial charge in [-0.1, -0.05) is 206 Å². The van der Waals surface area contributed by atoms with Crippen LogP contribution in [0.2, 0.25) is 39.3 Å². The van der Waals surface area contributed by atoms with Crippen LogP contribution in [0.4, 0.5) is 34.1 Å². The van der Waals surface area contributed by atoms with Crippen molar-refractivity contribution in [2.24, 2.45) is 0 Å². The van der Waals surface area contributed by atoms with Gasteiger partial charge >= 0.3 is 0 Å². The quantitative estimate of drug-likeness (QED) is 0.133. The minimum absolute atomic E-state index is 0.0253. The van der Waals surface area contributed by atoms with Gasteiger partial charge in [-0.2, -0.15) is 0 Å². The van der Waals surface area contributed by atoms with Gasteiger partial charge in [0.15, 0.2) is 0 Å². The molecule has 2 aliphatic carbocycles. The van der Waals surface area contributed by atoms with E-state index in [1.807, 2.05) is 11.3 Å². The van der Waals surface area contributed by atoms with Crippen LogP contribution in [0.15, 0.2) is 194 Å². The van der Waals surface area contributed by atoms with E-state index >= 15 is 0 Å². The van der Waals surface area contributed by atoms with Crippen molar-refractivity contribution in [2.45, 2.75) is 90.6 Å². The maximum atomic E-state index is 2.62. The Morgan fingerprint density at radius 1 is 0.452 bits per heavy atom.